The number of hydrogen-bond donors (Lipinski definition) is 1. The maximum absolute atomic E-state index is 12.9. The average molecular weight is 472 g/mol. The minimum absolute atomic E-state index is 0.00787. The first-order valence-corrected chi connectivity index (χ1v) is 12.8. The molecule has 1 aliphatic carbocycles. The van der Waals surface area contributed by atoms with Crippen LogP contribution in [0.15, 0.2) is 69.9 Å². The maximum atomic E-state index is 12.9. The van der Waals surface area contributed by atoms with Crippen LogP contribution < -0.4 is 5.63 Å². The van der Waals surface area contributed by atoms with Crippen LogP contribution in [0.5, 0.6) is 5.75 Å². The van der Waals surface area contributed by atoms with Crippen LogP contribution in [0.1, 0.15) is 78.9 Å². The van der Waals surface area contributed by atoms with Crippen molar-refractivity contribution in [1.82, 2.24) is 4.90 Å². The molecule has 5 nitrogen and oxygen atoms in total. The second-order valence-corrected chi connectivity index (χ2v) is 10.1. The molecule has 2 unspecified atom stereocenters. The Kier molecular flexibility index (Phi) is 6.76. The molecule has 35 heavy (non-hydrogen) atoms. The molecule has 2 heterocycles. The Labute approximate surface area is 206 Å². The van der Waals surface area contributed by atoms with E-state index in [0.717, 1.165) is 24.0 Å². The monoisotopic (exact) mass is 471 g/mol. The summed E-state index contributed by atoms with van der Waals surface area (Å²) in [5.74, 6) is 1.45. The quantitative estimate of drug-likeness (QED) is 0.432. The number of nitrogens with zero attached hydrogens (tertiary/aromatic N) is 1. The molecule has 3 aromatic rings. The summed E-state index contributed by atoms with van der Waals surface area (Å²) in [7, 11) is 0. The minimum atomic E-state index is -0.461. The summed E-state index contributed by atoms with van der Waals surface area (Å²) in [5.41, 5.74) is 3.34. The predicted molar refractivity (Wildman–Crippen MR) is 135 cm³/mol. The van der Waals surface area contributed by atoms with Crippen molar-refractivity contribution in [3.63, 3.8) is 0 Å². The molecule has 1 N–H and O–H groups in total. The Balaban J connectivity index is 1.28. The van der Waals surface area contributed by atoms with Crippen LogP contribution in [0.2, 0.25) is 0 Å². The van der Waals surface area contributed by atoms with Crippen LogP contribution in [-0.4, -0.2) is 22.5 Å². The zero-order valence-electron chi connectivity index (χ0n) is 20.3. The van der Waals surface area contributed by atoms with Crippen LogP contribution in [0.4, 0.5) is 0 Å². The molecule has 1 aromatic heterocycles. The van der Waals surface area contributed by atoms with E-state index in [-0.39, 0.29) is 23.5 Å². The van der Waals surface area contributed by atoms with E-state index in [0.29, 0.717) is 43.2 Å². The van der Waals surface area contributed by atoms with E-state index in [1.54, 1.807) is 6.07 Å². The lowest BCUT2D eigenvalue weighted by Gasteiger charge is -2.20. The first kappa shape index (κ1) is 23.4. The van der Waals surface area contributed by atoms with Crippen molar-refractivity contribution in [2.45, 2.75) is 63.8 Å². The summed E-state index contributed by atoms with van der Waals surface area (Å²) in [6.45, 7) is 3.39. The topological polar surface area (TPSA) is 70.8 Å². The van der Waals surface area contributed by atoms with Gasteiger partial charge in [0.25, 0.3) is 0 Å². The second kappa shape index (κ2) is 10.1. The van der Waals surface area contributed by atoms with Gasteiger partial charge in [0, 0.05) is 37.9 Å². The predicted octanol–water partition coefficient (Wildman–Crippen LogP) is 5.75. The van der Waals surface area contributed by atoms with Gasteiger partial charge in [0.1, 0.15) is 11.5 Å². The van der Waals surface area contributed by atoms with Crippen LogP contribution >= 0.6 is 0 Å². The van der Waals surface area contributed by atoms with Gasteiger partial charge < -0.3 is 14.4 Å². The summed E-state index contributed by atoms with van der Waals surface area (Å²) < 4.78 is 5.78. The first-order valence-electron chi connectivity index (χ1n) is 12.8. The molecule has 0 radical (unpaired) electrons. The van der Waals surface area contributed by atoms with Crippen LogP contribution in [-0.2, 0) is 17.8 Å². The summed E-state index contributed by atoms with van der Waals surface area (Å²) in [5, 5.41) is 10.8. The number of amides is 1. The molecule has 5 heteroatoms. The smallest absolute Gasteiger partial charge is 0.343 e. The van der Waals surface area contributed by atoms with E-state index in [1.165, 1.54) is 18.4 Å². The second-order valence-electron chi connectivity index (χ2n) is 10.1. The van der Waals surface area contributed by atoms with Gasteiger partial charge in [-0.3, -0.25) is 4.79 Å². The third-order valence-electron chi connectivity index (χ3n) is 7.51. The van der Waals surface area contributed by atoms with Crippen molar-refractivity contribution in [3.05, 3.63) is 99.1 Å². The molecule has 5 rings (SSSR count). The van der Waals surface area contributed by atoms with Crippen LogP contribution in [0.3, 0.4) is 0 Å². The molecule has 1 saturated carbocycles. The number of rotatable bonds is 9. The van der Waals surface area contributed by atoms with Crippen molar-refractivity contribution in [2.24, 2.45) is 5.92 Å². The molecule has 1 aliphatic heterocycles. The van der Waals surface area contributed by atoms with Crippen molar-refractivity contribution in [1.29, 1.82) is 0 Å². The van der Waals surface area contributed by atoms with Gasteiger partial charge in [0.15, 0.2) is 0 Å². The van der Waals surface area contributed by atoms with Gasteiger partial charge >= 0.3 is 5.63 Å². The molecule has 2 aromatic carbocycles. The van der Waals surface area contributed by atoms with Crippen LogP contribution in [0.25, 0.3) is 0 Å². The van der Waals surface area contributed by atoms with Crippen LogP contribution in [0, 0.1) is 5.92 Å². The number of hydrogen-bond acceptors (Lipinski definition) is 4. The Bertz CT molecular complexity index is 1240. The molecule has 1 saturated heterocycles. The molecular formula is C30H33NO4. The lowest BCUT2D eigenvalue weighted by Crippen LogP contribution is -2.24. The van der Waals surface area contributed by atoms with E-state index in [1.807, 2.05) is 53.4 Å². The molecule has 0 bridgehead atoms. The molecule has 182 valence electrons. The van der Waals surface area contributed by atoms with E-state index in [2.05, 4.69) is 13.0 Å². The third-order valence-corrected chi connectivity index (χ3v) is 7.51. The van der Waals surface area contributed by atoms with E-state index in [4.69, 9.17) is 4.42 Å². The van der Waals surface area contributed by atoms with Gasteiger partial charge in [-0.05, 0) is 54.2 Å². The van der Waals surface area contributed by atoms with Crippen molar-refractivity contribution in [2.75, 3.05) is 6.54 Å². The van der Waals surface area contributed by atoms with Crippen molar-refractivity contribution < 1.29 is 14.3 Å². The van der Waals surface area contributed by atoms with E-state index < -0.39 is 5.63 Å². The molecule has 2 fully saturated rings. The minimum Gasteiger partial charge on any atom is -0.507 e. The highest BCUT2D eigenvalue weighted by Gasteiger charge is 2.32. The maximum Gasteiger partial charge on any atom is 0.343 e. The summed E-state index contributed by atoms with van der Waals surface area (Å²) in [6.07, 6.45) is 4.77. The lowest BCUT2D eigenvalue weighted by atomic mass is 9.89. The lowest BCUT2D eigenvalue weighted by molar-refractivity contribution is -0.128. The largest absolute Gasteiger partial charge is 0.507 e. The fraction of sp³-hybridized carbons (Fsp3) is 0.400. The van der Waals surface area contributed by atoms with Gasteiger partial charge in [-0.1, -0.05) is 61.5 Å². The highest BCUT2D eigenvalue weighted by Crippen LogP contribution is 2.42. The number of likely N-dealkylation sites (tertiary alicyclic amines) is 1. The van der Waals surface area contributed by atoms with Gasteiger partial charge in [-0.2, -0.15) is 0 Å². The number of aromatic hydroxyl groups is 1. The Morgan fingerprint density at radius 3 is 2.51 bits per heavy atom. The molecule has 2 aliphatic rings. The first-order chi connectivity index (χ1) is 17.0. The summed E-state index contributed by atoms with van der Waals surface area (Å²) >= 11 is 0. The molecule has 2 atom stereocenters. The fourth-order valence-corrected chi connectivity index (χ4v) is 5.42. The third kappa shape index (κ3) is 5.34. The summed E-state index contributed by atoms with van der Waals surface area (Å²) in [4.78, 5) is 27.5. The van der Waals surface area contributed by atoms with Gasteiger partial charge in [0.05, 0.1) is 5.56 Å². The standard InChI is InChI=1S/C30H33NO4/c1-2-22(14-21-15-29(33)31(19-21)18-20-8-4-3-5-9-20)28-17-27(32)26(30(34)35-28)16-24-10-6-7-11-25(24)23-12-13-23/h3-11,17,21-23,32H,2,12-16,18-19H2,1H3. The zero-order valence-corrected chi connectivity index (χ0v) is 20.3. The van der Waals surface area contributed by atoms with E-state index in [9.17, 15) is 14.7 Å². The highest BCUT2D eigenvalue weighted by molar-refractivity contribution is 5.78. The zero-order chi connectivity index (χ0) is 24.4. The van der Waals surface area contributed by atoms with Gasteiger partial charge in [-0.15, -0.1) is 0 Å². The number of carbonyl (C=O) groups is 1. The number of benzene rings is 2. The Morgan fingerprint density at radius 1 is 1.06 bits per heavy atom. The van der Waals surface area contributed by atoms with E-state index >= 15 is 0 Å². The number of carbonyl (C=O) groups excluding carboxylic acids is 1. The average Bonchev–Trinajstić information content (AvgIpc) is 3.65. The van der Waals surface area contributed by atoms with Gasteiger partial charge in [-0.25, -0.2) is 4.79 Å². The molecular weight excluding hydrogens is 438 g/mol. The Morgan fingerprint density at radius 2 is 1.80 bits per heavy atom. The fourth-order valence-electron chi connectivity index (χ4n) is 5.42. The normalized spacial score (nSPS) is 18.7. The van der Waals surface area contributed by atoms with Crippen molar-refractivity contribution >= 4 is 5.91 Å². The molecule has 1 amide bonds. The molecule has 0 spiro atoms. The SMILES string of the molecule is CCC(CC1CC(=O)N(Cc2ccccc2)C1)c1cc(O)c(Cc2ccccc2C2CC2)c(=O)o1. The summed E-state index contributed by atoms with van der Waals surface area (Å²) in [6, 6.07) is 19.8. The van der Waals surface area contributed by atoms with Crippen molar-refractivity contribution in [3.8, 4) is 5.75 Å². The van der Waals surface area contributed by atoms with Gasteiger partial charge in [0.2, 0.25) is 5.91 Å². The Hall–Kier alpha value is -3.34. The highest BCUT2D eigenvalue weighted by atomic mass is 16.4.